The van der Waals surface area contributed by atoms with Crippen LogP contribution in [-0.2, 0) is 13.0 Å². The SMILES string of the molecule is CNC(=O)c1ccc(-n2c(NC(C)C)nc3c(c2=O)C[C@@H](C)N(C(=O)c2cc(Cl)c(Cl)cc2OC)C3)cc1. The maximum atomic E-state index is 13.8. The van der Waals surface area contributed by atoms with E-state index in [0.29, 0.717) is 40.6 Å². The van der Waals surface area contributed by atoms with Crippen molar-refractivity contribution >= 4 is 41.0 Å². The van der Waals surface area contributed by atoms with Crippen LogP contribution in [0.15, 0.2) is 41.2 Å². The molecule has 11 heteroatoms. The van der Waals surface area contributed by atoms with E-state index in [9.17, 15) is 14.4 Å². The van der Waals surface area contributed by atoms with E-state index in [-0.39, 0.29) is 51.6 Å². The lowest BCUT2D eigenvalue weighted by molar-refractivity contribution is 0.0649. The summed E-state index contributed by atoms with van der Waals surface area (Å²) in [7, 11) is 3.02. The highest BCUT2D eigenvalue weighted by atomic mass is 35.5. The van der Waals surface area contributed by atoms with E-state index in [1.165, 1.54) is 23.8 Å². The smallest absolute Gasteiger partial charge is 0.263 e. The summed E-state index contributed by atoms with van der Waals surface area (Å²) in [6.45, 7) is 5.91. The second-order valence-electron chi connectivity index (χ2n) is 9.38. The van der Waals surface area contributed by atoms with Crippen LogP contribution in [0.25, 0.3) is 5.69 Å². The van der Waals surface area contributed by atoms with Gasteiger partial charge in [0.2, 0.25) is 5.95 Å². The van der Waals surface area contributed by atoms with Gasteiger partial charge >= 0.3 is 0 Å². The van der Waals surface area contributed by atoms with E-state index in [1.54, 1.807) is 36.2 Å². The molecule has 0 bridgehead atoms. The number of carbonyl (C=O) groups is 2. The minimum Gasteiger partial charge on any atom is -0.496 e. The predicted molar refractivity (Wildman–Crippen MR) is 148 cm³/mol. The van der Waals surface area contributed by atoms with Gasteiger partial charge in [-0.15, -0.1) is 0 Å². The Morgan fingerprint density at radius 2 is 1.79 bits per heavy atom. The highest BCUT2D eigenvalue weighted by molar-refractivity contribution is 6.42. The minimum absolute atomic E-state index is 0.0166. The lowest BCUT2D eigenvalue weighted by atomic mass is 9.98. The molecule has 1 aliphatic heterocycles. The quantitative estimate of drug-likeness (QED) is 0.467. The van der Waals surface area contributed by atoms with Crippen molar-refractivity contribution in [3.8, 4) is 11.4 Å². The molecule has 0 spiro atoms. The van der Waals surface area contributed by atoms with Crippen molar-refractivity contribution in [3.05, 3.63) is 79.2 Å². The van der Waals surface area contributed by atoms with Crippen molar-refractivity contribution in [2.75, 3.05) is 19.5 Å². The van der Waals surface area contributed by atoms with Gasteiger partial charge in [0, 0.05) is 36.3 Å². The molecule has 2 N–H and O–H groups in total. The van der Waals surface area contributed by atoms with Crippen LogP contribution in [0.5, 0.6) is 5.75 Å². The first-order chi connectivity index (χ1) is 18.0. The van der Waals surface area contributed by atoms with E-state index >= 15 is 0 Å². The number of halogens is 2. The zero-order valence-corrected chi connectivity index (χ0v) is 23.3. The summed E-state index contributed by atoms with van der Waals surface area (Å²) in [6.07, 6.45) is 0.314. The Labute approximate surface area is 230 Å². The molecule has 0 unspecified atom stereocenters. The van der Waals surface area contributed by atoms with Crippen molar-refractivity contribution < 1.29 is 14.3 Å². The summed E-state index contributed by atoms with van der Waals surface area (Å²) in [5.41, 5.74) is 2.16. The summed E-state index contributed by atoms with van der Waals surface area (Å²) < 4.78 is 6.89. The van der Waals surface area contributed by atoms with Crippen LogP contribution in [0.3, 0.4) is 0 Å². The van der Waals surface area contributed by atoms with Gasteiger partial charge in [0.25, 0.3) is 17.4 Å². The number of nitrogens with one attached hydrogen (secondary N) is 2. The molecule has 3 aromatic rings. The minimum atomic E-state index is -0.298. The summed E-state index contributed by atoms with van der Waals surface area (Å²) >= 11 is 12.3. The van der Waals surface area contributed by atoms with Gasteiger partial charge in [0.15, 0.2) is 0 Å². The highest BCUT2D eigenvalue weighted by Gasteiger charge is 2.33. The Balaban J connectivity index is 1.77. The van der Waals surface area contributed by atoms with Crippen molar-refractivity contribution in [1.29, 1.82) is 0 Å². The number of carbonyl (C=O) groups excluding carboxylic acids is 2. The highest BCUT2D eigenvalue weighted by Crippen LogP contribution is 2.33. The van der Waals surface area contributed by atoms with Crippen molar-refractivity contribution in [2.24, 2.45) is 0 Å². The van der Waals surface area contributed by atoms with Gasteiger partial charge in [-0.25, -0.2) is 9.55 Å². The number of aromatic nitrogens is 2. The molecule has 2 heterocycles. The first kappa shape index (κ1) is 27.5. The third-order valence-electron chi connectivity index (χ3n) is 6.38. The molecule has 0 saturated heterocycles. The summed E-state index contributed by atoms with van der Waals surface area (Å²) in [6, 6.07) is 9.44. The Morgan fingerprint density at radius 3 is 2.39 bits per heavy atom. The van der Waals surface area contributed by atoms with Gasteiger partial charge < -0.3 is 20.3 Å². The molecule has 0 aliphatic carbocycles. The molecule has 1 aromatic heterocycles. The number of fused-ring (bicyclic) bond motifs is 1. The van der Waals surface area contributed by atoms with Crippen LogP contribution < -0.4 is 20.9 Å². The Hall–Kier alpha value is -3.56. The Bertz CT molecular complexity index is 1450. The molecule has 0 radical (unpaired) electrons. The van der Waals surface area contributed by atoms with Gasteiger partial charge in [-0.2, -0.15) is 0 Å². The van der Waals surface area contributed by atoms with Crippen LogP contribution in [-0.4, -0.2) is 52.5 Å². The fourth-order valence-corrected chi connectivity index (χ4v) is 4.77. The first-order valence-electron chi connectivity index (χ1n) is 12.1. The maximum Gasteiger partial charge on any atom is 0.263 e. The van der Waals surface area contributed by atoms with E-state index in [0.717, 1.165) is 0 Å². The fourth-order valence-electron chi connectivity index (χ4n) is 4.45. The average Bonchev–Trinajstić information content (AvgIpc) is 2.89. The molecule has 9 nitrogen and oxygen atoms in total. The number of ether oxygens (including phenoxy) is 1. The van der Waals surface area contributed by atoms with E-state index in [1.807, 2.05) is 20.8 Å². The number of hydrogen-bond donors (Lipinski definition) is 2. The number of anilines is 1. The largest absolute Gasteiger partial charge is 0.496 e. The van der Waals surface area contributed by atoms with Crippen LogP contribution in [0.2, 0.25) is 10.0 Å². The van der Waals surface area contributed by atoms with E-state index < -0.39 is 0 Å². The first-order valence-corrected chi connectivity index (χ1v) is 12.9. The van der Waals surface area contributed by atoms with Gasteiger partial charge in [-0.1, -0.05) is 23.2 Å². The second-order valence-corrected chi connectivity index (χ2v) is 10.2. The van der Waals surface area contributed by atoms with Crippen LogP contribution in [0.4, 0.5) is 5.95 Å². The zero-order chi connectivity index (χ0) is 27.7. The fraction of sp³-hybridized carbons (Fsp3) is 0.333. The summed E-state index contributed by atoms with van der Waals surface area (Å²) in [4.78, 5) is 45.8. The number of rotatable bonds is 6. The number of benzene rings is 2. The number of nitrogens with zero attached hydrogens (tertiary/aromatic N) is 3. The normalized spacial score (nSPS) is 14.7. The Morgan fingerprint density at radius 1 is 1.13 bits per heavy atom. The second kappa shape index (κ2) is 11.0. The number of amides is 2. The molecule has 200 valence electrons. The Kier molecular flexibility index (Phi) is 7.99. The molecule has 0 fully saturated rings. The van der Waals surface area contributed by atoms with Crippen LogP contribution in [0.1, 0.15) is 52.7 Å². The van der Waals surface area contributed by atoms with Gasteiger partial charge in [-0.05, 0) is 57.5 Å². The van der Waals surface area contributed by atoms with E-state index in [2.05, 4.69) is 10.6 Å². The molecular weight excluding hydrogens is 529 g/mol. The molecule has 2 aromatic carbocycles. The zero-order valence-electron chi connectivity index (χ0n) is 21.8. The maximum absolute atomic E-state index is 13.8. The third-order valence-corrected chi connectivity index (χ3v) is 7.10. The summed E-state index contributed by atoms with van der Waals surface area (Å²) in [5, 5.41) is 6.36. The molecule has 0 saturated carbocycles. The van der Waals surface area contributed by atoms with E-state index in [4.69, 9.17) is 32.9 Å². The van der Waals surface area contributed by atoms with Crippen LogP contribution in [0, 0.1) is 0 Å². The monoisotopic (exact) mass is 557 g/mol. The van der Waals surface area contributed by atoms with Gasteiger partial charge in [0.05, 0.1) is 40.6 Å². The topological polar surface area (TPSA) is 106 Å². The van der Waals surface area contributed by atoms with Gasteiger partial charge in [-0.3, -0.25) is 14.4 Å². The lowest BCUT2D eigenvalue weighted by Crippen LogP contribution is -2.46. The van der Waals surface area contributed by atoms with Gasteiger partial charge in [0.1, 0.15) is 5.75 Å². The third kappa shape index (κ3) is 5.21. The number of methoxy groups -OCH3 is 1. The van der Waals surface area contributed by atoms with Crippen molar-refractivity contribution in [1.82, 2.24) is 19.8 Å². The molecule has 2 amide bonds. The summed E-state index contributed by atoms with van der Waals surface area (Å²) in [5.74, 6) is 0.150. The molecule has 38 heavy (non-hydrogen) atoms. The average molecular weight is 558 g/mol. The van der Waals surface area contributed by atoms with Crippen LogP contribution >= 0.6 is 23.2 Å². The molecule has 4 rings (SSSR count). The standard InChI is InChI=1S/C27H29Cl2N5O4/c1-14(2)31-27-32-22-13-33(25(36)19-11-20(28)21(29)12-23(19)38-5)15(3)10-18(22)26(37)34(27)17-8-6-16(7-9-17)24(35)30-4/h6-9,11-12,14-15H,10,13H2,1-5H3,(H,30,35)(H,31,32)/t15-/m1/s1. The van der Waals surface area contributed by atoms with Crippen molar-refractivity contribution in [3.63, 3.8) is 0 Å². The van der Waals surface area contributed by atoms with Crippen molar-refractivity contribution in [2.45, 2.75) is 45.8 Å². The molecule has 1 aliphatic rings. The number of hydrogen-bond acceptors (Lipinski definition) is 6. The molecule has 1 atom stereocenters. The lowest BCUT2D eigenvalue weighted by Gasteiger charge is -2.35. The molecular formula is C27H29Cl2N5O4. The predicted octanol–water partition coefficient (Wildman–Crippen LogP) is 4.31.